The first-order valence-corrected chi connectivity index (χ1v) is 4.61. The normalized spacial score (nSPS) is 10.4. The smallest absolute Gasteiger partial charge is 0.155 e. The van der Waals surface area contributed by atoms with Crippen molar-refractivity contribution in [2.24, 2.45) is 0 Å². The fourth-order valence-corrected chi connectivity index (χ4v) is 1.05. The molecule has 0 aliphatic rings. The Balaban J connectivity index is 2.76. The maximum atomic E-state index is 11.0. The predicted molar refractivity (Wildman–Crippen MR) is 57.3 cm³/mol. The summed E-state index contributed by atoms with van der Waals surface area (Å²) in [6.45, 7) is 1.85. The van der Waals surface area contributed by atoms with Crippen LogP contribution in [0.25, 0.3) is 6.08 Å². The van der Waals surface area contributed by atoms with Gasteiger partial charge in [-0.25, -0.2) is 0 Å². The molecule has 0 aliphatic carbocycles. The lowest BCUT2D eigenvalue weighted by atomic mass is 10.2. The Morgan fingerprint density at radius 1 is 1.50 bits per heavy atom. The minimum Gasteiger partial charge on any atom is -0.497 e. The molecule has 0 amide bonds. The molecule has 1 aromatic rings. The van der Waals surface area contributed by atoms with Crippen LogP contribution in [0.4, 0.5) is 0 Å². The van der Waals surface area contributed by atoms with E-state index in [0.717, 1.165) is 11.3 Å². The summed E-state index contributed by atoms with van der Waals surface area (Å²) in [5.41, 5.74) is 0.978. The summed E-state index contributed by atoms with van der Waals surface area (Å²) >= 11 is 0. The summed E-state index contributed by atoms with van der Waals surface area (Å²) in [5.74, 6) is 0.934. The molecule has 74 valence electrons. The number of carbonyl (C=O) groups is 1. The highest BCUT2D eigenvalue weighted by Crippen LogP contribution is 2.13. The van der Waals surface area contributed by atoms with E-state index in [-0.39, 0.29) is 5.78 Å². The van der Waals surface area contributed by atoms with Crippen LogP contribution < -0.4 is 4.74 Å². The second-order valence-electron chi connectivity index (χ2n) is 2.93. The van der Waals surface area contributed by atoms with Crippen LogP contribution in [-0.4, -0.2) is 12.9 Å². The molecule has 0 N–H and O–H groups in total. The minimum absolute atomic E-state index is 0.132. The number of hydrogen-bond acceptors (Lipinski definition) is 2. The number of carbonyl (C=O) groups excluding carboxylic acids is 1. The van der Waals surface area contributed by atoms with Crippen LogP contribution in [0.2, 0.25) is 0 Å². The highest BCUT2D eigenvalue weighted by molar-refractivity contribution is 5.93. The lowest BCUT2D eigenvalue weighted by Gasteiger charge is -1.99. The van der Waals surface area contributed by atoms with Gasteiger partial charge in [0.2, 0.25) is 0 Å². The molecule has 0 spiro atoms. The fourth-order valence-electron chi connectivity index (χ4n) is 1.05. The zero-order valence-corrected chi connectivity index (χ0v) is 8.49. The molecule has 0 aromatic heterocycles. The summed E-state index contributed by atoms with van der Waals surface area (Å²) in [7, 11) is 1.63. The van der Waals surface area contributed by atoms with E-state index in [1.54, 1.807) is 19.3 Å². The molecule has 0 fully saturated rings. The zero-order valence-electron chi connectivity index (χ0n) is 8.49. The predicted octanol–water partition coefficient (Wildman–Crippen LogP) is 2.69. The quantitative estimate of drug-likeness (QED) is 0.682. The Kier molecular flexibility index (Phi) is 3.92. The van der Waals surface area contributed by atoms with Crippen LogP contribution in [0.5, 0.6) is 5.75 Å². The van der Waals surface area contributed by atoms with Crippen molar-refractivity contribution >= 4 is 11.9 Å². The number of allylic oxidation sites excluding steroid dienone is 1. The van der Waals surface area contributed by atoms with Crippen molar-refractivity contribution in [3.05, 3.63) is 35.9 Å². The minimum atomic E-state index is 0.132. The molecular weight excluding hydrogens is 176 g/mol. The number of hydrogen-bond donors (Lipinski definition) is 0. The van der Waals surface area contributed by atoms with Crippen molar-refractivity contribution in [1.29, 1.82) is 0 Å². The van der Waals surface area contributed by atoms with Crippen LogP contribution in [0.15, 0.2) is 30.3 Å². The van der Waals surface area contributed by atoms with Gasteiger partial charge in [0.15, 0.2) is 5.78 Å². The summed E-state index contributed by atoms with van der Waals surface area (Å²) < 4.78 is 5.07. The van der Waals surface area contributed by atoms with Crippen molar-refractivity contribution < 1.29 is 9.53 Å². The lowest BCUT2D eigenvalue weighted by Crippen LogP contribution is -1.87. The van der Waals surface area contributed by atoms with Gasteiger partial charge in [-0.1, -0.05) is 25.1 Å². The van der Waals surface area contributed by atoms with Crippen LogP contribution >= 0.6 is 0 Å². The van der Waals surface area contributed by atoms with Crippen molar-refractivity contribution in [3.63, 3.8) is 0 Å². The first-order valence-electron chi connectivity index (χ1n) is 4.61. The molecule has 2 nitrogen and oxygen atoms in total. The lowest BCUT2D eigenvalue weighted by molar-refractivity contribution is -0.114. The number of ketones is 1. The largest absolute Gasteiger partial charge is 0.497 e. The van der Waals surface area contributed by atoms with Crippen molar-refractivity contribution in [2.75, 3.05) is 7.11 Å². The van der Waals surface area contributed by atoms with E-state index in [0.29, 0.717) is 6.42 Å². The maximum absolute atomic E-state index is 11.0. The standard InChI is InChI=1S/C12H14O2/c1-3-11(13)8-7-10-5-4-6-12(9-10)14-2/h4-9H,3H2,1-2H3. The number of methoxy groups -OCH3 is 1. The van der Waals surface area contributed by atoms with Gasteiger partial charge in [0.05, 0.1) is 7.11 Å². The SMILES string of the molecule is CCC(=O)C=Cc1cccc(OC)c1. The molecule has 0 aliphatic heterocycles. The Morgan fingerprint density at radius 3 is 2.93 bits per heavy atom. The molecule has 2 heteroatoms. The van der Waals surface area contributed by atoms with Gasteiger partial charge < -0.3 is 4.74 Å². The third kappa shape index (κ3) is 3.05. The van der Waals surface area contributed by atoms with Gasteiger partial charge in [0.25, 0.3) is 0 Å². The van der Waals surface area contributed by atoms with E-state index in [4.69, 9.17) is 4.74 Å². The molecule has 0 bridgehead atoms. The van der Waals surface area contributed by atoms with Crippen molar-refractivity contribution in [2.45, 2.75) is 13.3 Å². The van der Waals surface area contributed by atoms with Crippen molar-refractivity contribution in [1.82, 2.24) is 0 Å². The topological polar surface area (TPSA) is 26.3 Å². The zero-order chi connectivity index (χ0) is 10.4. The fraction of sp³-hybridized carbons (Fsp3) is 0.250. The van der Waals surface area contributed by atoms with Crippen LogP contribution in [0, 0.1) is 0 Å². The Labute approximate surface area is 84.2 Å². The molecule has 0 saturated carbocycles. The molecule has 0 atom stereocenters. The van der Waals surface area contributed by atoms with Gasteiger partial charge in [0.1, 0.15) is 5.75 Å². The van der Waals surface area contributed by atoms with E-state index in [1.165, 1.54) is 0 Å². The third-order valence-corrected chi connectivity index (χ3v) is 1.90. The van der Waals surface area contributed by atoms with Crippen LogP contribution in [0.3, 0.4) is 0 Å². The van der Waals surface area contributed by atoms with Crippen LogP contribution in [0.1, 0.15) is 18.9 Å². The van der Waals surface area contributed by atoms with E-state index < -0.39 is 0 Å². The van der Waals surface area contributed by atoms with Gasteiger partial charge in [-0.2, -0.15) is 0 Å². The average Bonchev–Trinajstić information content (AvgIpc) is 2.26. The molecule has 1 aromatic carbocycles. The monoisotopic (exact) mass is 190 g/mol. The molecule has 1 rings (SSSR count). The summed E-state index contributed by atoms with van der Waals surface area (Å²) in [6.07, 6.45) is 3.93. The van der Waals surface area contributed by atoms with Gasteiger partial charge >= 0.3 is 0 Å². The summed E-state index contributed by atoms with van der Waals surface area (Å²) in [5, 5.41) is 0. The summed E-state index contributed by atoms with van der Waals surface area (Å²) in [4.78, 5) is 11.0. The molecule has 0 radical (unpaired) electrons. The molecule has 0 unspecified atom stereocenters. The highest BCUT2D eigenvalue weighted by atomic mass is 16.5. The van der Waals surface area contributed by atoms with Gasteiger partial charge in [0, 0.05) is 6.42 Å². The van der Waals surface area contributed by atoms with Crippen molar-refractivity contribution in [3.8, 4) is 5.75 Å². The van der Waals surface area contributed by atoms with E-state index >= 15 is 0 Å². The second-order valence-corrected chi connectivity index (χ2v) is 2.93. The van der Waals surface area contributed by atoms with Gasteiger partial charge in [-0.15, -0.1) is 0 Å². The Hall–Kier alpha value is -1.57. The van der Waals surface area contributed by atoms with Crippen LogP contribution in [-0.2, 0) is 4.79 Å². The second kappa shape index (κ2) is 5.22. The Morgan fingerprint density at radius 2 is 2.29 bits per heavy atom. The number of benzene rings is 1. The van der Waals surface area contributed by atoms with E-state index in [1.807, 2.05) is 31.2 Å². The molecular formula is C12H14O2. The first kappa shape index (κ1) is 10.5. The highest BCUT2D eigenvalue weighted by Gasteiger charge is 1.93. The number of rotatable bonds is 4. The van der Waals surface area contributed by atoms with E-state index in [2.05, 4.69) is 0 Å². The van der Waals surface area contributed by atoms with Gasteiger partial charge in [-0.05, 0) is 23.8 Å². The molecule has 0 saturated heterocycles. The van der Waals surface area contributed by atoms with Gasteiger partial charge in [-0.3, -0.25) is 4.79 Å². The Bertz CT molecular complexity index is 340. The van der Waals surface area contributed by atoms with E-state index in [9.17, 15) is 4.79 Å². The molecule has 14 heavy (non-hydrogen) atoms. The number of ether oxygens (including phenoxy) is 1. The third-order valence-electron chi connectivity index (χ3n) is 1.90. The molecule has 0 heterocycles. The maximum Gasteiger partial charge on any atom is 0.155 e. The average molecular weight is 190 g/mol. The summed E-state index contributed by atoms with van der Waals surface area (Å²) in [6, 6.07) is 7.59. The first-order chi connectivity index (χ1) is 6.76.